The van der Waals surface area contributed by atoms with Gasteiger partial charge in [0.15, 0.2) is 0 Å². The van der Waals surface area contributed by atoms with Crippen LogP contribution in [0.3, 0.4) is 0 Å². The lowest BCUT2D eigenvalue weighted by Crippen LogP contribution is -2.41. The van der Waals surface area contributed by atoms with Crippen LogP contribution in [0.15, 0.2) is 30.3 Å². The molecule has 20 heavy (non-hydrogen) atoms. The van der Waals surface area contributed by atoms with Gasteiger partial charge in [0, 0.05) is 5.56 Å². The van der Waals surface area contributed by atoms with E-state index in [9.17, 15) is 9.59 Å². The van der Waals surface area contributed by atoms with Crippen molar-refractivity contribution in [1.82, 2.24) is 5.32 Å². The third-order valence-corrected chi connectivity index (χ3v) is 3.17. The van der Waals surface area contributed by atoms with Crippen molar-refractivity contribution in [2.75, 3.05) is 7.11 Å². The Bertz CT molecular complexity index is 417. The Labute approximate surface area is 120 Å². The fraction of sp³-hybridized carbons (Fsp3) is 0.500. The van der Waals surface area contributed by atoms with Gasteiger partial charge in [0.25, 0.3) is 5.91 Å². The Hall–Kier alpha value is -1.84. The second-order valence-electron chi connectivity index (χ2n) is 4.76. The Kier molecular flexibility index (Phi) is 7.40. The molecule has 110 valence electrons. The summed E-state index contributed by atoms with van der Waals surface area (Å²) in [4.78, 5) is 23.8. The summed E-state index contributed by atoms with van der Waals surface area (Å²) in [7, 11) is 1.34. The van der Waals surface area contributed by atoms with Crippen molar-refractivity contribution < 1.29 is 14.3 Å². The molecule has 0 saturated heterocycles. The van der Waals surface area contributed by atoms with E-state index in [0.717, 1.165) is 25.7 Å². The number of carbonyl (C=O) groups excluding carboxylic acids is 2. The van der Waals surface area contributed by atoms with Gasteiger partial charge in [0.1, 0.15) is 6.04 Å². The first-order valence-electron chi connectivity index (χ1n) is 7.12. The number of rotatable bonds is 8. The Morgan fingerprint density at radius 1 is 1.15 bits per heavy atom. The molecule has 4 nitrogen and oxygen atoms in total. The minimum Gasteiger partial charge on any atom is -0.467 e. The van der Waals surface area contributed by atoms with Crippen molar-refractivity contribution in [2.45, 2.75) is 45.1 Å². The molecule has 1 aromatic carbocycles. The number of benzene rings is 1. The van der Waals surface area contributed by atoms with Gasteiger partial charge in [-0.25, -0.2) is 4.79 Å². The minimum absolute atomic E-state index is 0.239. The van der Waals surface area contributed by atoms with E-state index in [0.29, 0.717) is 12.0 Å². The quantitative estimate of drug-likeness (QED) is 0.587. The number of methoxy groups -OCH3 is 1. The number of hydrogen-bond acceptors (Lipinski definition) is 3. The minimum atomic E-state index is -0.565. The van der Waals surface area contributed by atoms with Crippen LogP contribution >= 0.6 is 0 Å². The van der Waals surface area contributed by atoms with E-state index in [1.54, 1.807) is 24.3 Å². The number of amides is 1. The van der Waals surface area contributed by atoms with E-state index < -0.39 is 6.04 Å². The van der Waals surface area contributed by atoms with Gasteiger partial charge in [-0.3, -0.25) is 4.79 Å². The standard InChI is InChI=1S/C16H23NO3/c1-3-4-5-9-12-14(16(19)20-2)17-15(18)13-10-7-6-8-11-13/h6-8,10-11,14H,3-5,9,12H2,1-2H3,(H,17,18)/t14-/m0/s1. The second kappa shape index (κ2) is 9.13. The third kappa shape index (κ3) is 5.43. The summed E-state index contributed by atoms with van der Waals surface area (Å²) in [5.74, 6) is -0.623. The fourth-order valence-electron chi connectivity index (χ4n) is 2.00. The van der Waals surface area contributed by atoms with Crippen molar-refractivity contribution in [1.29, 1.82) is 0 Å². The van der Waals surface area contributed by atoms with Crippen LogP contribution in [0.1, 0.15) is 49.4 Å². The highest BCUT2D eigenvalue weighted by Crippen LogP contribution is 2.08. The normalized spacial score (nSPS) is 11.7. The number of hydrogen-bond donors (Lipinski definition) is 1. The lowest BCUT2D eigenvalue weighted by molar-refractivity contribution is -0.143. The first-order valence-corrected chi connectivity index (χ1v) is 7.12. The molecule has 0 aliphatic heterocycles. The first kappa shape index (κ1) is 16.2. The zero-order valence-electron chi connectivity index (χ0n) is 12.2. The van der Waals surface area contributed by atoms with E-state index in [2.05, 4.69) is 12.2 Å². The van der Waals surface area contributed by atoms with E-state index in [1.165, 1.54) is 7.11 Å². The van der Waals surface area contributed by atoms with Crippen LogP contribution in [0.4, 0.5) is 0 Å². The molecular formula is C16H23NO3. The molecule has 1 rings (SSSR count). The van der Waals surface area contributed by atoms with Crippen LogP contribution in [0.25, 0.3) is 0 Å². The summed E-state index contributed by atoms with van der Waals surface area (Å²) >= 11 is 0. The van der Waals surface area contributed by atoms with Crippen molar-refractivity contribution in [3.05, 3.63) is 35.9 Å². The smallest absolute Gasteiger partial charge is 0.328 e. The van der Waals surface area contributed by atoms with Gasteiger partial charge in [-0.05, 0) is 18.6 Å². The molecular weight excluding hydrogens is 254 g/mol. The predicted octanol–water partition coefficient (Wildman–Crippen LogP) is 2.93. The molecule has 0 heterocycles. The summed E-state index contributed by atoms with van der Waals surface area (Å²) < 4.78 is 4.75. The highest BCUT2D eigenvalue weighted by molar-refractivity contribution is 5.96. The van der Waals surface area contributed by atoms with Crippen LogP contribution in [-0.2, 0) is 9.53 Å². The van der Waals surface area contributed by atoms with Crippen LogP contribution in [0.5, 0.6) is 0 Å². The van der Waals surface area contributed by atoms with Gasteiger partial charge in [-0.15, -0.1) is 0 Å². The molecule has 0 aromatic heterocycles. The maximum Gasteiger partial charge on any atom is 0.328 e. The fourth-order valence-corrected chi connectivity index (χ4v) is 2.00. The Morgan fingerprint density at radius 3 is 2.45 bits per heavy atom. The average molecular weight is 277 g/mol. The summed E-state index contributed by atoms with van der Waals surface area (Å²) in [5, 5.41) is 2.75. The number of esters is 1. The van der Waals surface area contributed by atoms with Crippen molar-refractivity contribution in [3.63, 3.8) is 0 Å². The second-order valence-corrected chi connectivity index (χ2v) is 4.76. The van der Waals surface area contributed by atoms with E-state index in [4.69, 9.17) is 4.74 Å². The van der Waals surface area contributed by atoms with Gasteiger partial charge < -0.3 is 10.1 Å². The molecule has 0 aliphatic rings. The zero-order chi connectivity index (χ0) is 14.8. The number of carbonyl (C=O) groups is 2. The highest BCUT2D eigenvalue weighted by Gasteiger charge is 2.21. The third-order valence-electron chi connectivity index (χ3n) is 3.17. The predicted molar refractivity (Wildman–Crippen MR) is 78.5 cm³/mol. The lowest BCUT2D eigenvalue weighted by Gasteiger charge is -2.16. The van der Waals surface area contributed by atoms with Gasteiger partial charge in [-0.2, -0.15) is 0 Å². The summed E-state index contributed by atoms with van der Waals surface area (Å²) in [6, 6.07) is 8.32. The molecule has 0 spiro atoms. The topological polar surface area (TPSA) is 55.4 Å². The molecule has 0 unspecified atom stereocenters. The first-order chi connectivity index (χ1) is 9.69. The van der Waals surface area contributed by atoms with Crippen molar-refractivity contribution in [2.24, 2.45) is 0 Å². The SMILES string of the molecule is CCCCCC[C@H](NC(=O)c1ccccc1)C(=O)OC. The Balaban J connectivity index is 2.56. The molecule has 0 aliphatic carbocycles. The summed E-state index contributed by atoms with van der Waals surface area (Å²) in [6.45, 7) is 2.13. The molecule has 4 heteroatoms. The van der Waals surface area contributed by atoms with Crippen molar-refractivity contribution in [3.8, 4) is 0 Å². The molecule has 0 bridgehead atoms. The number of ether oxygens (including phenoxy) is 1. The molecule has 1 amide bonds. The van der Waals surface area contributed by atoms with Crippen LogP contribution in [0.2, 0.25) is 0 Å². The van der Waals surface area contributed by atoms with Gasteiger partial charge in [0.05, 0.1) is 7.11 Å². The van der Waals surface area contributed by atoms with E-state index in [-0.39, 0.29) is 11.9 Å². The lowest BCUT2D eigenvalue weighted by atomic mass is 10.1. The largest absolute Gasteiger partial charge is 0.467 e. The molecule has 0 fully saturated rings. The maximum atomic E-state index is 12.0. The van der Waals surface area contributed by atoms with Crippen LogP contribution in [0, 0.1) is 0 Å². The summed E-state index contributed by atoms with van der Waals surface area (Å²) in [6.07, 6.45) is 4.86. The van der Waals surface area contributed by atoms with Crippen LogP contribution < -0.4 is 5.32 Å². The molecule has 0 radical (unpaired) electrons. The number of unbranched alkanes of at least 4 members (excludes halogenated alkanes) is 3. The molecule has 0 saturated carbocycles. The van der Waals surface area contributed by atoms with Gasteiger partial charge in [0.2, 0.25) is 0 Å². The zero-order valence-corrected chi connectivity index (χ0v) is 12.2. The van der Waals surface area contributed by atoms with Crippen LogP contribution in [-0.4, -0.2) is 25.0 Å². The van der Waals surface area contributed by atoms with Gasteiger partial charge in [-0.1, -0.05) is 50.8 Å². The molecule has 1 aromatic rings. The van der Waals surface area contributed by atoms with Gasteiger partial charge >= 0.3 is 5.97 Å². The van der Waals surface area contributed by atoms with E-state index >= 15 is 0 Å². The molecule has 1 N–H and O–H groups in total. The van der Waals surface area contributed by atoms with E-state index in [1.807, 2.05) is 6.07 Å². The average Bonchev–Trinajstić information content (AvgIpc) is 2.50. The highest BCUT2D eigenvalue weighted by atomic mass is 16.5. The maximum absolute atomic E-state index is 12.0. The number of nitrogens with one attached hydrogen (secondary N) is 1. The Morgan fingerprint density at radius 2 is 1.85 bits per heavy atom. The van der Waals surface area contributed by atoms with Crippen molar-refractivity contribution >= 4 is 11.9 Å². The molecule has 1 atom stereocenters. The monoisotopic (exact) mass is 277 g/mol. The summed E-state index contributed by atoms with van der Waals surface area (Å²) in [5.41, 5.74) is 0.551.